The molecule has 9 rings (SSSR count). The summed E-state index contributed by atoms with van der Waals surface area (Å²) in [5, 5.41) is 25.6. The molecule has 56 heavy (non-hydrogen) atoms. The number of piperidine rings is 2. The molecule has 2 aromatic carbocycles. The fraction of sp³-hybridized carbons (Fsp3) is 0.442. The zero-order chi connectivity index (χ0) is 38.7. The van der Waals surface area contributed by atoms with Crippen molar-refractivity contribution in [3.05, 3.63) is 88.1 Å². The topological polar surface area (TPSA) is 153 Å². The molecule has 0 saturated carbocycles. The van der Waals surface area contributed by atoms with E-state index in [1.165, 1.54) is 11.1 Å². The van der Waals surface area contributed by atoms with E-state index in [1.807, 2.05) is 49.5 Å². The van der Waals surface area contributed by atoms with E-state index >= 15 is 0 Å². The van der Waals surface area contributed by atoms with Crippen molar-refractivity contribution in [3.63, 3.8) is 0 Å². The third kappa shape index (κ3) is 6.41. The average Bonchev–Trinajstić information content (AvgIpc) is 3.74. The second-order valence-corrected chi connectivity index (χ2v) is 16.2. The van der Waals surface area contributed by atoms with Crippen molar-refractivity contribution in [2.45, 2.75) is 96.0 Å². The normalized spacial score (nSPS) is 23.7. The summed E-state index contributed by atoms with van der Waals surface area (Å²) in [7, 11) is 0. The Morgan fingerprint density at radius 2 is 1.82 bits per heavy atom. The fourth-order valence-electron chi connectivity index (χ4n) is 9.47. The van der Waals surface area contributed by atoms with Crippen LogP contribution in [0.25, 0.3) is 11.3 Å². The molecule has 5 aliphatic heterocycles. The highest BCUT2D eigenvalue weighted by atomic mass is 16.5. The number of carbonyl (C=O) groups excluding carboxylic acids is 3. The first kappa shape index (κ1) is 36.1. The Morgan fingerprint density at radius 1 is 0.982 bits per heavy atom. The Morgan fingerprint density at radius 3 is 2.61 bits per heavy atom. The summed E-state index contributed by atoms with van der Waals surface area (Å²) in [5.41, 5.74) is 8.07. The standard InChI is InChI=1S/C43H48N8O5/c1-4-43-19-31(23-51(43)36-18-34(47-48-40(36)45-24-43)32-7-5-6-25(2)39(32)53)56-38-16-26(3)30(20-44-38)21-49-14-12-27(13-15-49)28-8-9-29-22-50(42(55)33(29)17-28)35-10-11-37(52)46-41(35)54/h5-9,16-18,20,27,31,35,53H,4,10-15,19,21-24H2,1-3H3,(H,45,48)(H,46,52,54)/t31-,35+,43+/m1/s1. The number of hydrogen-bond acceptors (Lipinski definition) is 11. The first-order valence-corrected chi connectivity index (χ1v) is 19.9. The molecule has 7 heterocycles. The number of aromatic nitrogens is 3. The molecule has 3 fully saturated rings. The van der Waals surface area contributed by atoms with Crippen molar-refractivity contribution in [1.29, 1.82) is 0 Å². The van der Waals surface area contributed by atoms with E-state index in [-0.39, 0.29) is 41.5 Å². The van der Waals surface area contributed by atoms with Crippen molar-refractivity contribution in [2.24, 2.45) is 0 Å². The summed E-state index contributed by atoms with van der Waals surface area (Å²) < 4.78 is 6.61. The summed E-state index contributed by atoms with van der Waals surface area (Å²) in [5.74, 6) is 1.18. The van der Waals surface area contributed by atoms with E-state index in [1.54, 1.807) is 4.90 Å². The predicted molar refractivity (Wildman–Crippen MR) is 210 cm³/mol. The molecule has 13 nitrogen and oxygen atoms in total. The number of phenols is 1. The number of likely N-dealkylation sites (tertiary alicyclic amines) is 1. The summed E-state index contributed by atoms with van der Waals surface area (Å²) in [6, 6.07) is 15.4. The van der Waals surface area contributed by atoms with E-state index in [2.05, 4.69) is 56.6 Å². The van der Waals surface area contributed by atoms with E-state index in [4.69, 9.17) is 9.72 Å². The number of nitrogens with one attached hydrogen (secondary N) is 2. The Bertz CT molecular complexity index is 2240. The zero-order valence-corrected chi connectivity index (χ0v) is 32.2. The number of aryl methyl sites for hydroxylation is 2. The van der Waals surface area contributed by atoms with Crippen molar-refractivity contribution in [2.75, 3.05) is 36.4 Å². The number of carbonyl (C=O) groups is 3. The molecular formula is C43H48N8O5. The highest BCUT2D eigenvalue weighted by Gasteiger charge is 2.49. The van der Waals surface area contributed by atoms with Crippen LogP contribution >= 0.6 is 0 Å². The van der Waals surface area contributed by atoms with Crippen LogP contribution in [-0.4, -0.2) is 91.7 Å². The molecule has 3 amide bonds. The molecule has 3 atom stereocenters. The lowest BCUT2D eigenvalue weighted by Gasteiger charge is -2.43. The Balaban J connectivity index is 0.818. The largest absolute Gasteiger partial charge is 0.507 e. The van der Waals surface area contributed by atoms with Gasteiger partial charge in [-0.2, -0.15) is 0 Å². The maximum absolute atomic E-state index is 13.4. The average molecular weight is 757 g/mol. The minimum atomic E-state index is -0.598. The number of para-hydroxylation sites is 1. The Labute approximate surface area is 326 Å². The third-order valence-corrected chi connectivity index (χ3v) is 12.9. The fourth-order valence-corrected chi connectivity index (χ4v) is 9.47. The number of anilines is 2. The summed E-state index contributed by atoms with van der Waals surface area (Å²) in [6.45, 7) is 10.8. The zero-order valence-electron chi connectivity index (χ0n) is 32.2. The maximum Gasteiger partial charge on any atom is 0.255 e. The lowest BCUT2D eigenvalue weighted by atomic mass is 9.87. The lowest BCUT2D eigenvalue weighted by Crippen LogP contribution is -2.52. The van der Waals surface area contributed by atoms with E-state index in [9.17, 15) is 19.5 Å². The number of aromatic hydroxyl groups is 1. The number of benzene rings is 2. The quantitative estimate of drug-likeness (QED) is 0.203. The SMILES string of the molecule is CC[C@]12CNc3nnc(-c4cccc(C)c4O)cc3N1C[C@H](Oc1cc(C)c(CN3CCC(c4ccc5c(c4)C(=O)N([C@H]4CCC(=O)NC4=O)C5)CC3)cn1)C2. The number of hydrogen-bond donors (Lipinski definition) is 3. The van der Waals surface area contributed by atoms with Crippen LogP contribution in [0.3, 0.4) is 0 Å². The first-order chi connectivity index (χ1) is 27.1. The van der Waals surface area contributed by atoms with Crippen LogP contribution in [0.2, 0.25) is 0 Å². The number of amides is 3. The second kappa shape index (κ2) is 14.2. The molecule has 5 aliphatic rings. The molecule has 0 unspecified atom stereocenters. The van der Waals surface area contributed by atoms with E-state index < -0.39 is 6.04 Å². The van der Waals surface area contributed by atoms with Gasteiger partial charge in [0.05, 0.1) is 23.5 Å². The van der Waals surface area contributed by atoms with Gasteiger partial charge in [-0.15, -0.1) is 10.2 Å². The van der Waals surface area contributed by atoms with Gasteiger partial charge in [0.1, 0.15) is 17.9 Å². The molecular weight excluding hydrogens is 709 g/mol. The summed E-state index contributed by atoms with van der Waals surface area (Å²) >= 11 is 0. The number of phenolic OH excluding ortho intramolecular Hbond substituents is 1. The van der Waals surface area contributed by atoms with Crippen molar-refractivity contribution >= 4 is 29.2 Å². The van der Waals surface area contributed by atoms with Gasteiger partial charge in [-0.25, -0.2) is 4.98 Å². The van der Waals surface area contributed by atoms with Crippen molar-refractivity contribution in [1.82, 2.24) is 30.3 Å². The Hall–Kier alpha value is -5.56. The lowest BCUT2D eigenvalue weighted by molar-refractivity contribution is -0.136. The molecule has 3 N–H and O–H groups in total. The number of nitrogens with zero attached hydrogens (tertiary/aromatic N) is 6. The van der Waals surface area contributed by atoms with Gasteiger partial charge in [-0.1, -0.05) is 31.2 Å². The van der Waals surface area contributed by atoms with Gasteiger partial charge in [0, 0.05) is 55.9 Å². The summed E-state index contributed by atoms with van der Waals surface area (Å²) in [4.78, 5) is 48.8. The van der Waals surface area contributed by atoms with Gasteiger partial charge >= 0.3 is 0 Å². The van der Waals surface area contributed by atoms with Crippen LogP contribution in [0.15, 0.2) is 54.7 Å². The van der Waals surface area contributed by atoms with E-state index in [0.717, 1.165) is 80.1 Å². The molecule has 3 saturated heterocycles. The Kier molecular flexibility index (Phi) is 9.14. The molecule has 13 heteroatoms. The minimum Gasteiger partial charge on any atom is -0.507 e. The van der Waals surface area contributed by atoms with Crippen molar-refractivity contribution < 1.29 is 24.2 Å². The van der Waals surface area contributed by atoms with Gasteiger partial charge in [0.25, 0.3) is 5.91 Å². The number of ether oxygens (including phenoxy) is 1. The van der Waals surface area contributed by atoms with Crippen LogP contribution in [-0.2, 0) is 22.7 Å². The molecule has 2 aromatic heterocycles. The maximum atomic E-state index is 13.4. The van der Waals surface area contributed by atoms with Gasteiger partial charge in [0.15, 0.2) is 5.82 Å². The van der Waals surface area contributed by atoms with Crippen molar-refractivity contribution in [3.8, 4) is 22.9 Å². The molecule has 0 bridgehead atoms. The van der Waals surface area contributed by atoms with Gasteiger partial charge in [-0.3, -0.25) is 24.6 Å². The molecule has 0 radical (unpaired) electrons. The molecule has 0 aliphatic carbocycles. The van der Waals surface area contributed by atoms with Gasteiger partial charge < -0.3 is 25.0 Å². The van der Waals surface area contributed by atoms with Crippen LogP contribution in [0.1, 0.15) is 89.5 Å². The molecule has 4 aromatic rings. The monoisotopic (exact) mass is 756 g/mol. The first-order valence-electron chi connectivity index (χ1n) is 19.9. The highest BCUT2D eigenvalue weighted by molar-refractivity contribution is 6.05. The number of imide groups is 1. The minimum absolute atomic E-state index is 0.0570. The number of pyridine rings is 1. The van der Waals surface area contributed by atoms with Crippen LogP contribution in [0.5, 0.6) is 11.6 Å². The van der Waals surface area contributed by atoms with Gasteiger partial charge in [-0.05, 0) is 105 Å². The molecule has 290 valence electrons. The summed E-state index contributed by atoms with van der Waals surface area (Å²) in [6.07, 6.45) is 6.29. The number of rotatable bonds is 8. The third-order valence-electron chi connectivity index (χ3n) is 12.9. The van der Waals surface area contributed by atoms with Crippen LogP contribution in [0.4, 0.5) is 11.5 Å². The second-order valence-electron chi connectivity index (χ2n) is 16.2. The molecule has 0 spiro atoms. The number of fused-ring (bicyclic) bond motifs is 4. The predicted octanol–water partition coefficient (Wildman–Crippen LogP) is 5.23. The van der Waals surface area contributed by atoms with Crippen LogP contribution in [0, 0.1) is 13.8 Å². The van der Waals surface area contributed by atoms with E-state index in [0.29, 0.717) is 48.1 Å². The van der Waals surface area contributed by atoms with Gasteiger partial charge in [0.2, 0.25) is 17.7 Å². The smallest absolute Gasteiger partial charge is 0.255 e. The van der Waals surface area contributed by atoms with Crippen LogP contribution < -0.4 is 20.3 Å². The highest BCUT2D eigenvalue weighted by Crippen LogP contribution is 2.45.